The van der Waals surface area contributed by atoms with Gasteiger partial charge in [0, 0.05) is 12.8 Å². The van der Waals surface area contributed by atoms with Crippen molar-refractivity contribution in [3.63, 3.8) is 0 Å². The molecule has 2 heterocycles. The van der Waals surface area contributed by atoms with Crippen LogP contribution in [0.25, 0.3) is 0 Å². The predicted molar refractivity (Wildman–Crippen MR) is 148 cm³/mol. The molecule has 0 saturated heterocycles. The first-order valence-corrected chi connectivity index (χ1v) is 13.0. The molecule has 2 amide bonds. The molecule has 0 spiro atoms. The summed E-state index contributed by atoms with van der Waals surface area (Å²) in [5.41, 5.74) is 6.02. The van der Waals surface area contributed by atoms with E-state index in [9.17, 15) is 9.59 Å². The molecule has 0 bridgehead atoms. The average molecular weight is 513 g/mol. The van der Waals surface area contributed by atoms with Crippen molar-refractivity contribution in [1.29, 1.82) is 0 Å². The fourth-order valence-electron chi connectivity index (χ4n) is 4.38. The highest BCUT2D eigenvalue weighted by atomic mass is 32.2. The van der Waals surface area contributed by atoms with Crippen molar-refractivity contribution in [2.75, 3.05) is 12.4 Å². The quantitative estimate of drug-likeness (QED) is 0.472. The highest BCUT2D eigenvalue weighted by molar-refractivity contribution is 8.15. The molecule has 5 rings (SSSR count). The van der Waals surface area contributed by atoms with Gasteiger partial charge in [-0.05, 0) is 37.1 Å². The van der Waals surface area contributed by atoms with Crippen LogP contribution in [0.15, 0.2) is 82.9 Å². The molecule has 0 saturated carbocycles. The molecule has 3 aromatic carbocycles. The van der Waals surface area contributed by atoms with E-state index in [0.29, 0.717) is 23.0 Å². The second-order valence-corrected chi connectivity index (χ2v) is 10.3. The smallest absolute Gasteiger partial charge is 0.262 e. The number of nitrogens with one attached hydrogen (secondary N) is 1. The van der Waals surface area contributed by atoms with E-state index in [-0.39, 0.29) is 24.3 Å². The summed E-state index contributed by atoms with van der Waals surface area (Å²) in [4.78, 5) is 29.9. The maximum Gasteiger partial charge on any atom is 0.262 e. The molecule has 2 atom stereocenters. The first kappa shape index (κ1) is 24.8. The molecular formula is C29H28N4O3S. The van der Waals surface area contributed by atoms with Crippen LogP contribution in [0.5, 0.6) is 5.75 Å². The second-order valence-electron chi connectivity index (χ2n) is 9.18. The van der Waals surface area contributed by atoms with E-state index in [4.69, 9.17) is 9.84 Å². The summed E-state index contributed by atoms with van der Waals surface area (Å²) in [7, 11) is 1.55. The zero-order valence-electron chi connectivity index (χ0n) is 21.0. The van der Waals surface area contributed by atoms with Gasteiger partial charge in [0.2, 0.25) is 5.91 Å². The Hall–Kier alpha value is -3.91. The van der Waals surface area contributed by atoms with Gasteiger partial charge in [-0.3, -0.25) is 9.59 Å². The normalized spacial score (nSPS) is 19.0. The number of hydrogen-bond acceptors (Lipinski definition) is 6. The highest BCUT2D eigenvalue weighted by Gasteiger charge is 2.39. The third-order valence-electron chi connectivity index (χ3n) is 6.43. The number of carbonyl (C=O) groups excluding carboxylic acids is 2. The fraction of sp³-hybridized carbons (Fsp3) is 0.241. The number of amidine groups is 1. The molecule has 37 heavy (non-hydrogen) atoms. The van der Waals surface area contributed by atoms with Crippen LogP contribution in [0.1, 0.15) is 41.1 Å². The van der Waals surface area contributed by atoms with Gasteiger partial charge in [-0.15, -0.1) is 0 Å². The Morgan fingerprint density at radius 2 is 1.70 bits per heavy atom. The van der Waals surface area contributed by atoms with Gasteiger partial charge in [0.05, 0.1) is 24.6 Å². The largest absolute Gasteiger partial charge is 0.495 e. The number of nitrogens with zero attached hydrogens (tertiary/aromatic N) is 3. The van der Waals surface area contributed by atoms with Crippen LogP contribution in [0.2, 0.25) is 0 Å². The fourth-order valence-corrected chi connectivity index (χ4v) is 5.44. The standard InChI is InChI=1S/C29H28N4O3S/c1-18-8-12-20(13-9-18)23-16-24(21-14-10-19(2)11-15-21)33(32-23)29-31-28(35)26(37-29)17-27(34)30-22-6-4-5-7-25(22)36-3/h4-15,24,26H,16-17H2,1-3H3,(H,30,34). The van der Waals surface area contributed by atoms with Crippen LogP contribution in [-0.2, 0) is 9.59 Å². The molecule has 2 unspecified atom stereocenters. The topological polar surface area (TPSA) is 83.4 Å². The van der Waals surface area contributed by atoms with Crippen molar-refractivity contribution in [3.05, 3.63) is 95.1 Å². The minimum atomic E-state index is -0.609. The van der Waals surface area contributed by atoms with E-state index >= 15 is 0 Å². The summed E-state index contributed by atoms with van der Waals surface area (Å²) in [6.45, 7) is 4.11. The SMILES string of the molecule is COc1ccccc1NC(=O)CC1SC(N2N=C(c3ccc(C)cc3)CC2c2ccc(C)cc2)=NC1=O. The van der Waals surface area contributed by atoms with Crippen LogP contribution >= 0.6 is 11.8 Å². The molecule has 7 nitrogen and oxygen atoms in total. The van der Waals surface area contributed by atoms with Gasteiger partial charge in [-0.2, -0.15) is 10.1 Å². The number of methoxy groups -OCH3 is 1. The molecular weight excluding hydrogens is 484 g/mol. The Kier molecular flexibility index (Phi) is 7.10. The third-order valence-corrected chi connectivity index (χ3v) is 7.58. The van der Waals surface area contributed by atoms with Crippen molar-refractivity contribution in [2.24, 2.45) is 10.1 Å². The van der Waals surface area contributed by atoms with Gasteiger partial charge in [0.25, 0.3) is 5.91 Å². The van der Waals surface area contributed by atoms with Gasteiger partial charge in [0.15, 0.2) is 5.17 Å². The van der Waals surface area contributed by atoms with E-state index in [1.165, 1.54) is 22.9 Å². The summed E-state index contributed by atoms with van der Waals surface area (Å²) in [6.07, 6.45) is 0.699. The second kappa shape index (κ2) is 10.6. The Bertz CT molecular complexity index is 1380. The van der Waals surface area contributed by atoms with Crippen LogP contribution in [0.3, 0.4) is 0 Å². The lowest BCUT2D eigenvalue weighted by atomic mass is 9.97. The van der Waals surface area contributed by atoms with Gasteiger partial charge in [-0.25, -0.2) is 5.01 Å². The highest BCUT2D eigenvalue weighted by Crippen LogP contribution is 2.39. The number of hydrogen-bond donors (Lipinski definition) is 1. The Morgan fingerprint density at radius 1 is 1.03 bits per heavy atom. The van der Waals surface area contributed by atoms with Crippen LogP contribution in [0.4, 0.5) is 5.69 Å². The van der Waals surface area contributed by atoms with Crippen LogP contribution in [0, 0.1) is 13.8 Å². The molecule has 0 aliphatic carbocycles. The predicted octanol–water partition coefficient (Wildman–Crippen LogP) is 5.49. The molecule has 2 aliphatic rings. The van der Waals surface area contributed by atoms with Crippen molar-refractivity contribution < 1.29 is 14.3 Å². The van der Waals surface area contributed by atoms with Crippen molar-refractivity contribution in [1.82, 2.24) is 5.01 Å². The minimum Gasteiger partial charge on any atom is -0.495 e. The molecule has 188 valence electrons. The Balaban J connectivity index is 1.35. The number of thioether (sulfide) groups is 1. The molecule has 0 fully saturated rings. The summed E-state index contributed by atoms with van der Waals surface area (Å²) in [5.74, 6) is -0.0295. The number of benzene rings is 3. The van der Waals surface area contributed by atoms with Crippen molar-refractivity contribution in [2.45, 2.75) is 38.0 Å². The molecule has 1 N–H and O–H groups in total. The molecule has 8 heteroatoms. The number of aryl methyl sites for hydroxylation is 2. The number of carbonyl (C=O) groups is 2. The molecule has 0 aromatic heterocycles. The lowest BCUT2D eigenvalue weighted by Gasteiger charge is -2.23. The van der Waals surface area contributed by atoms with Crippen LogP contribution in [-0.4, -0.2) is 40.1 Å². The monoisotopic (exact) mass is 512 g/mol. The first-order valence-electron chi connectivity index (χ1n) is 12.1. The molecule has 3 aromatic rings. The van der Waals surface area contributed by atoms with Gasteiger partial charge < -0.3 is 10.1 Å². The van der Waals surface area contributed by atoms with E-state index in [0.717, 1.165) is 16.8 Å². The van der Waals surface area contributed by atoms with E-state index in [1.807, 2.05) is 17.1 Å². The molecule has 2 aliphatic heterocycles. The zero-order valence-corrected chi connectivity index (χ0v) is 21.8. The lowest BCUT2D eigenvalue weighted by Crippen LogP contribution is -2.25. The van der Waals surface area contributed by atoms with Crippen molar-refractivity contribution in [3.8, 4) is 5.75 Å². The number of anilines is 1. The van der Waals surface area contributed by atoms with E-state index in [2.05, 4.69) is 72.7 Å². The summed E-state index contributed by atoms with van der Waals surface area (Å²) < 4.78 is 5.31. The number of amides is 2. The lowest BCUT2D eigenvalue weighted by molar-refractivity contribution is -0.121. The van der Waals surface area contributed by atoms with Gasteiger partial charge in [-0.1, -0.05) is 83.6 Å². The summed E-state index contributed by atoms with van der Waals surface area (Å²) >= 11 is 1.29. The minimum absolute atomic E-state index is 0.00607. The van der Waals surface area contributed by atoms with Crippen molar-refractivity contribution >= 4 is 40.1 Å². The first-order chi connectivity index (χ1) is 17.9. The molecule has 0 radical (unpaired) electrons. The maximum atomic E-state index is 12.8. The summed E-state index contributed by atoms with van der Waals surface area (Å²) in [5, 5.41) is 9.52. The zero-order chi connectivity index (χ0) is 25.9. The summed E-state index contributed by atoms with van der Waals surface area (Å²) in [6, 6.07) is 23.7. The Morgan fingerprint density at radius 3 is 2.41 bits per heavy atom. The third kappa shape index (κ3) is 5.44. The van der Waals surface area contributed by atoms with Gasteiger partial charge >= 0.3 is 0 Å². The number of para-hydroxylation sites is 2. The number of ether oxygens (including phenoxy) is 1. The van der Waals surface area contributed by atoms with Gasteiger partial charge in [0.1, 0.15) is 11.0 Å². The van der Waals surface area contributed by atoms with E-state index in [1.54, 1.807) is 19.2 Å². The average Bonchev–Trinajstić information content (AvgIpc) is 3.49. The number of aliphatic imine (C=N–C) groups is 1. The van der Waals surface area contributed by atoms with Crippen LogP contribution < -0.4 is 10.1 Å². The van der Waals surface area contributed by atoms with E-state index < -0.39 is 5.25 Å². The number of rotatable bonds is 6. The number of hydrazone groups is 1. The Labute approximate surface area is 220 Å². The maximum absolute atomic E-state index is 12.8.